The highest BCUT2D eigenvalue weighted by atomic mass is 35.5. The first-order valence-electron chi connectivity index (χ1n) is 7.93. The number of hydrogen-bond acceptors (Lipinski definition) is 3. The van der Waals surface area contributed by atoms with E-state index in [9.17, 15) is 13.2 Å². The fourth-order valence-electron chi connectivity index (χ4n) is 2.09. The van der Waals surface area contributed by atoms with Crippen molar-refractivity contribution in [1.82, 2.24) is 4.72 Å². The third kappa shape index (κ3) is 5.04. The topological polar surface area (TPSA) is 75.3 Å². The van der Waals surface area contributed by atoms with Crippen molar-refractivity contribution < 1.29 is 13.2 Å². The summed E-state index contributed by atoms with van der Waals surface area (Å²) in [5.41, 5.74) is 1.71. The SMILES string of the molecule is CCC(C)NS(=O)(=O)c1cccc(C(=O)Nc2ccc(C)c(Cl)c2)c1. The Labute approximate surface area is 153 Å². The number of sulfonamides is 1. The third-order valence-electron chi connectivity index (χ3n) is 3.80. The zero-order valence-electron chi connectivity index (χ0n) is 14.3. The van der Waals surface area contributed by atoms with E-state index in [2.05, 4.69) is 10.0 Å². The second-order valence-electron chi connectivity index (χ2n) is 5.88. The molecule has 0 aliphatic heterocycles. The van der Waals surface area contributed by atoms with Gasteiger partial charge in [0.05, 0.1) is 4.90 Å². The molecule has 5 nitrogen and oxygen atoms in total. The zero-order valence-corrected chi connectivity index (χ0v) is 15.9. The Morgan fingerprint density at radius 1 is 1.20 bits per heavy atom. The molecule has 1 unspecified atom stereocenters. The molecule has 0 spiro atoms. The van der Waals surface area contributed by atoms with Gasteiger partial charge in [-0.15, -0.1) is 0 Å². The molecule has 2 rings (SSSR count). The van der Waals surface area contributed by atoms with E-state index >= 15 is 0 Å². The number of aryl methyl sites for hydroxylation is 1. The van der Waals surface area contributed by atoms with Crippen LogP contribution in [0.2, 0.25) is 5.02 Å². The Morgan fingerprint density at radius 3 is 2.56 bits per heavy atom. The maximum atomic E-state index is 12.4. The van der Waals surface area contributed by atoms with Gasteiger partial charge in [0, 0.05) is 22.3 Å². The summed E-state index contributed by atoms with van der Waals surface area (Å²) in [6.07, 6.45) is 0.674. The molecule has 0 heterocycles. The molecular formula is C18H21ClN2O3S. The molecule has 0 aromatic heterocycles. The van der Waals surface area contributed by atoms with Crippen LogP contribution in [0.4, 0.5) is 5.69 Å². The lowest BCUT2D eigenvalue weighted by atomic mass is 10.2. The summed E-state index contributed by atoms with van der Waals surface area (Å²) in [6, 6.07) is 10.9. The van der Waals surface area contributed by atoms with E-state index in [1.807, 2.05) is 13.8 Å². The summed E-state index contributed by atoms with van der Waals surface area (Å²) in [4.78, 5) is 12.5. The van der Waals surface area contributed by atoms with Crippen LogP contribution >= 0.6 is 11.6 Å². The molecule has 0 saturated heterocycles. The van der Waals surface area contributed by atoms with Crippen LogP contribution in [0.15, 0.2) is 47.4 Å². The van der Waals surface area contributed by atoms with E-state index in [-0.39, 0.29) is 16.5 Å². The van der Waals surface area contributed by atoms with E-state index in [0.717, 1.165) is 5.56 Å². The van der Waals surface area contributed by atoms with Crippen LogP contribution in [0.5, 0.6) is 0 Å². The van der Waals surface area contributed by atoms with Gasteiger partial charge in [-0.05, 0) is 56.2 Å². The van der Waals surface area contributed by atoms with Gasteiger partial charge >= 0.3 is 0 Å². The van der Waals surface area contributed by atoms with Crippen LogP contribution in [0.3, 0.4) is 0 Å². The average molecular weight is 381 g/mol. The Bertz CT molecular complexity index is 882. The second-order valence-corrected chi connectivity index (χ2v) is 8.00. The predicted octanol–water partition coefficient (Wildman–Crippen LogP) is 3.98. The largest absolute Gasteiger partial charge is 0.322 e. The van der Waals surface area contributed by atoms with Gasteiger partial charge in [0.15, 0.2) is 0 Å². The highest BCUT2D eigenvalue weighted by Crippen LogP contribution is 2.21. The summed E-state index contributed by atoms with van der Waals surface area (Å²) in [6.45, 7) is 5.55. The van der Waals surface area contributed by atoms with Crippen molar-refractivity contribution in [2.45, 2.75) is 38.1 Å². The molecule has 0 saturated carbocycles. The quantitative estimate of drug-likeness (QED) is 0.795. The normalized spacial score (nSPS) is 12.6. The lowest BCUT2D eigenvalue weighted by Crippen LogP contribution is -2.32. The van der Waals surface area contributed by atoms with Gasteiger partial charge in [-0.2, -0.15) is 0 Å². The summed E-state index contributed by atoms with van der Waals surface area (Å²) < 4.78 is 27.3. The average Bonchev–Trinajstić information content (AvgIpc) is 2.57. The molecule has 1 atom stereocenters. The first-order chi connectivity index (χ1) is 11.7. The molecule has 0 aliphatic rings. The Hall–Kier alpha value is -1.89. The van der Waals surface area contributed by atoms with Gasteiger partial charge in [0.2, 0.25) is 10.0 Å². The van der Waals surface area contributed by atoms with Crippen molar-refractivity contribution >= 4 is 33.2 Å². The van der Waals surface area contributed by atoms with Crippen molar-refractivity contribution in [1.29, 1.82) is 0 Å². The number of hydrogen-bond donors (Lipinski definition) is 2. The first-order valence-corrected chi connectivity index (χ1v) is 9.79. The maximum absolute atomic E-state index is 12.4. The second kappa shape index (κ2) is 7.99. The number of carbonyl (C=O) groups is 1. The van der Waals surface area contributed by atoms with Crippen LogP contribution in [-0.2, 0) is 10.0 Å². The van der Waals surface area contributed by atoms with Gasteiger partial charge in [0.25, 0.3) is 5.91 Å². The van der Waals surface area contributed by atoms with Gasteiger partial charge in [-0.25, -0.2) is 13.1 Å². The smallest absolute Gasteiger partial charge is 0.255 e. The van der Waals surface area contributed by atoms with Crippen molar-refractivity contribution in [3.8, 4) is 0 Å². The number of benzene rings is 2. The Balaban J connectivity index is 2.22. The minimum absolute atomic E-state index is 0.0578. The monoisotopic (exact) mass is 380 g/mol. The Kier molecular flexibility index (Phi) is 6.21. The molecule has 1 amide bonds. The number of amides is 1. The zero-order chi connectivity index (χ0) is 18.6. The van der Waals surface area contributed by atoms with Crippen LogP contribution < -0.4 is 10.0 Å². The molecule has 0 bridgehead atoms. The van der Waals surface area contributed by atoms with Crippen LogP contribution in [0, 0.1) is 6.92 Å². The lowest BCUT2D eigenvalue weighted by Gasteiger charge is -2.13. The fraction of sp³-hybridized carbons (Fsp3) is 0.278. The number of carbonyl (C=O) groups excluding carboxylic acids is 1. The molecule has 0 aliphatic carbocycles. The molecule has 0 radical (unpaired) electrons. The van der Waals surface area contributed by atoms with E-state index in [4.69, 9.17) is 11.6 Å². The summed E-state index contributed by atoms with van der Waals surface area (Å²) in [5.74, 6) is -0.402. The van der Waals surface area contributed by atoms with Crippen molar-refractivity contribution in [3.63, 3.8) is 0 Å². The van der Waals surface area contributed by atoms with Crippen LogP contribution in [-0.4, -0.2) is 20.4 Å². The molecular weight excluding hydrogens is 360 g/mol. The predicted molar refractivity (Wildman–Crippen MR) is 101 cm³/mol. The van der Waals surface area contributed by atoms with Gasteiger partial charge < -0.3 is 5.32 Å². The van der Waals surface area contributed by atoms with E-state index < -0.39 is 15.9 Å². The fourth-order valence-corrected chi connectivity index (χ4v) is 3.65. The van der Waals surface area contributed by atoms with Crippen molar-refractivity contribution in [3.05, 3.63) is 58.6 Å². The molecule has 25 heavy (non-hydrogen) atoms. The Morgan fingerprint density at radius 2 is 1.92 bits per heavy atom. The third-order valence-corrected chi connectivity index (χ3v) is 5.80. The number of halogens is 1. The number of nitrogens with one attached hydrogen (secondary N) is 2. The highest BCUT2D eigenvalue weighted by molar-refractivity contribution is 7.89. The molecule has 2 N–H and O–H groups in total. The molecule has 134 valence electrons. The van der Waals surface area contributed by atoms with Crippen molar-refractivity contribution in [2.75, 3.05) is 5.32 Å². The van der Waals surface area contributed by atoms with Crippen LogP contribution in [0.25, 0.3) is 0 Å². The summed E-state index contributed by atoms with van der Waals surface area (Å²) >= 11 is 6.05. The van der Waals surface area contributed by atoms with Crippen molar-refractivity contribution in [2.24, 2.45) is 0 Å². The molecule has 0 fully saturated rings. The standard InChI is InChI=1S/C18H21ClN2O3S/c1-4-13(3)21-25(23,24)16-7-5-6-14(10-16)18(22)20-15-9-8-12(2)17(19)11-15/h5-11,13,21H,4H2,1-3H3,(H,20,22). The minimum Gasteiger partial charge on any atom is -0.322 e. The maximum Gasteiger partial charge on any atom is 0.255 e. The van der Waals surface area contributed by atoms with Gasteiger partial charge in [0.1, 0.15) is 0 Å². The van der Waals surface area contributed by atoms with Gasteiger partial charge in [-0.1, -0.05) is 30.7 Å². The van der Waals surface area contributed by atoms with Gasteiger partial charge in [-0.3, -0.25) is 4.79 Å². The molecule has 7 heteroatoms. The summed E-state index contributed by atoms with van der Waals surface area (Å²) in [5, 5.41) is 3.27. The van der Waals surface area contributed by atoms with E-state index in [1.165, 1.54) is 12.1 Å². The van der Waals surface area contributed by atoms with Crippen LogP contribution in [0.1, 0.15) is 36.2 Å². The first kappa shape index (κ1) is 19.4. The lowest BCUT2D eigenvalue weighted by molar-refractivity contribution is 0.102. The summed E-state index contributed by atoms with van der Waals surface area (Å²) in [7, 11) is -3.66. The molecule has 2 aromatic carbocycles. The van der Waals surface area contributed by atoms with E-state index in [0.29, 0.717) is 17.1 Å². The number of rotatable bonds is 6. The minimum atomic E-state index is -3.66. The molecule has 2 aromatic rings. The van der Waals surface area contributed by atoms with E-state index in [1.54, 1.807) is 37.3 Å². The highest BCUT2D eigenvalue weighted by Gasteiger charge is 2.18. The number of anilines is 1.